The molecule has 2 unspecified atom stereocenters. The largest absolute Gasteiger partial charge is 0.353 e. The molecule has 2 heterocycles. The van der Waals surface area contributed by atoms with Gasteiger partial charge in [-0.15, -0.1) is 0 Å². The molecule has 2 aliphatic heterocycles. The first kappa shape index (κ1) is 30.6. The van der Waals surface area contributed by atoms with Crippen molar-refractivity contribution in [1.29, 1.82) is 5.26 Å². The number of amides is 2. The number of hydrogen-bond donors (Lipinski definition) is 2. The van der Waals surface area contributed by atoms with Crippen LogP contribution in [-0.4, -0.2) is 74.2 Å². The molecule has 0 spiro atoms. The average molecular weight is 588 g/mol. The number of halogens is 2. The van der Waals surface area contributed by atoms with Crippen molar-refractivity contribution in [3.8, 4) is 6.07 Å². The van der Waals surface area contributed by atoms with E-state index in [0.717, 1.165) is 18.9 Å². The van der Waals surface area contributed by atoms with Crippen LogP contribution in [0, 0.1) is 28.9 Å². The third kappa shape index (κ3) is 7.87. The van der Waals surface area contributed by atoms with Crippen molar-refractivity contribution in [1.82, 2.24) is 19.8 Å². The molecule has 9 nitrogen and oxygen atoms in total. The summed E-state index contributed by atoms with van der Waals surface area (Å²) in [7, 11) is -3.88. The van der Waals surface area contributed by atoms with Gasteiger partial charge in [-0.25, -0.2) is 17.2 Å². The zero-order chi connectivity index (χ0) is 29.6. The lowest BCUT2D eigenvalue weighted by Crippen LogP contribution is -2.55. The molecule has 2 aliphatic rings. The van der Waals surface area contributed by atoms with Crippen molar-refractivity contribution < 1.29 is 26.8 Å². The lowest BCUT2D eigenvalue weighted by molar-refractivity contribution is -0.129. The van der Waals surface area contributed by atoms with Gasteiger partial charge >= 0.3 is 0 Å². The van der Waals surface area contributed by atoms with Crippen LogP contribution in [0.2, 0.25) is 0 Å². The highest BCUT2D eigenvalue weighted by atomic mass is 32.2. The van der Waals surface area contributed by atoms with E-state index in [1.807, 2.05) is 13.0 Å². The number of hydrogen-bond acceptors (Lipinski definition) is 6. The van der Waals surface area contributed by atoms with Gasteiger partial charge in [0.2, 0.25) is 21.8 Å². The molecule has 4 rings (SSSR count). The van der Waals surface area contributed by atoms with E-state index in [-0.39, 0.29) is 60.7 Å². The van der Waals surface area contributed by atoms with E-state index >= 15 is 0 Å². The minimum Gasteiger partial charge on any atom is -0.353 e. The lowest BCUT2D eigenvalue weighted by Gasteiger charge is -2.35. The quantitative estimate of drug-likeness (QED) is 0.417. The molecule has 0 bridgehead atoms. The Labute approximate surface area is 239 Å². The van der Waals surface area contributed by atoms with Gasteiger partial charge in [-0.1, -0.05) is 19.4 Å². The smallest absolute Gasteiger partial charge is 0.243 e. The summed E-state index contributed by atoms with van der Waals surface area (Å²) < 4.78 is 55.9. The number of nitriles is 1. The molecule has 0 saturated carbocycles. The SMILES string of the molecule is CCCCN1CC(C(=O)NC(Cc2cc(F)cc(F)c2)C[C@H]2CN(S(=O)(=O)c3cccc(C#N)c3)CCN2)CC1=O. The summed E-state index contributed by atoms with van der Waals surface area (Å²) in [5.41, 5.74) is 0.593. The van der Waals surface area contributed by atoms with E-state index < -0.39 is 33.6 Å². The van der Waals surface area contributed by atoms with Gasteiger partial charge in [0.25, 0.3) is 0 Å². The number of carbonyl (C=O) groups excluding carboxylic acids is 2. The molecule has 2 fully saturated rings. The van der Waals surface area contributed by atoms with Crippen molar-refractivity contribution in [2.45, 2.75) is 56.0 Å². The molecular formula is C29H35F2N5O4S. The zero-order valence-corrected chi connectivity index (χ0v) is 23.8. The second-order valence-corrected chi connectivity index (χ2v) is 12.6. The van der Waals surface area contributed by atoms with E-state index in [1.165, 1.54) is 40.7 Å². The van der Waals surface area contributed by atoms with Crippen LogP contribution in [0.3, 0.4) is 0 Å². The number of benzene rings is 2. The molecule has 220 valence electrons. The number of nitrogens with one attached hydrogen (secondary N) is 2. The Morgan fingerprint density at radius 2 is 1.95 bits per heavy atom. The number of piperazine rings is 1. The van der Waals surface area contributed by atoms with Gasteiger partial charge in [-0.3, -0.25) is 9.59 Å². The van der Waals surface area contributed by atoms with E-state index in [4.69, 9.17) is 0 Å². The average Bonchev–Trinajstić information content (AvgIpc) is 3.31. The van der Waals surface area contributed by atoms with Crippen molar-refractivity contribution in [3.63, 3.8) is 0 Å². The van der Waals surface area contributed by atoms with Gasteiger partial charge in [-0.05, 0) is 55.2 Å². The highest BCUT2D eigenvalue weighted by Gasteiger charge is 2.36. The number of nitrogens with zero attached hydrogens (tertiary/aromatic N) is 3. The molecule has 12 heteroatoms. The van der Waals surface area contributed by atoms with Gasteiger partial charge in [0.15, 0.2) is 0 Å². The zero-order valence-electron chi connectivity index (χ0n) is 23.0. The summed E-state index contributed by atoms with van der Waals surface area (Å²) in [4.78, 5) is 27.4. The van der Waals surface area contributed by atoms with E-state index in [2.05, 4.69) is 10.6 Å². The second kappa shape index (κ2) is 13.5. The maximum atomic E-state index is 14.0. The van der Waals surface area contributed by atoms with Crippen LogP contribution in [0.5, 0.6) is 0 Å². The maximum absolute atomic E-state index is 14.0. The fraction of sp³-hybridized carbons (Fsp3) is 0.483. The summed E-state index contributed by atoms with van der Waals surface area (Å²) in [5, 5.41) is 15.5. The predicted molar refractivity (Wildman–Crippen MR) is 148 cm³/mol. The summed E-state index contributed by atoms with van der Waals surface area (Å²) >= 11 is 0. The Morgan fingerprint density at radius 1 is 1.20 bits per heavy atom. The van der Waals surface area contributed by atoms with E-state index in [1.54, 1.807) is 4.90 Å². The topological polar surface area (TPSA) is 123 Å². The molecular weight excluding hydrogens is 552 g/mol. The van der Waals surface area contributed by atoms with Crippen molar-refractivity contribution in [2.75, 3.05) is 32.7 Å². The molecule has 41 heavy (non-hydrogen) atoms. The normalized spacial score (nSPS) is 20.5. The first-order valence-corrected chi connectivity index (χ1v) is 15.3. The fourth-order valence-corrected chi connectivity index (χ4v) is 6.96. The molecule has 2 saturated heterocycles. The first-order chi connectivity index (χ1) is 19.6. The molecule has 2 aromatic carbocycles. The van der Waals surface area contributed by atoms with E-state index in [9.17, 15) is 32.0 Å². The predicted octanol–water partition coefficient (Wildman–Crippen LogP) is 2.57. The van der Waals surface area contributed by atoms with Gasteiger partial charge in [0, 0.05) is 57.3 Å². The number of unbranched alkanes of at least 4 members (excludes halogenated alkanes) is 1. The van der Waals surface area contributed by atoms with Crippen LogP contribution >= 0.6 is 0 Å². The second-order valence-electron chi connectivity index (χ2n) is 10.7. The van der Waals surface area contributed by atoms with E-state index in [0.29, 0.717) is 25.2 Å². The highest BCUT2D eigenvalue weighted by Crippen LogP contribution is 2.22. The minimum atomic E-state index is -3.88. The van der Waals surface area contributed by atoms with Gasteiger partial charge in [0.1, 0.15) is 11.6 Å². The monoisotopic (exact) mass is 587 g/mol. The number of rotatable bonds is 11. The maximum Gasteiger partial charge on any atom is 0.243 e. The van der Waals surface area contributed by atoms with Crippen LogP contribution in [-0.2, 0) is 26.0 Å². The molecule has 0 radical (unpaired) electrons. The molecule has 2 aromatic rings. The Hall–Kier alpha value is -3.40. The summed E-state index contributed by atoms with van der Waals surface area (Å²) in [6.45, 7) is 3.63. The van der Waals surface area contributed by atoms with Gasteiger partial charge < -0.3 is 15.5 Å². The van der Waals surface area contributed by atoms with Crippen LogP contribution in [0.15, 0.2) is 47.4 Å². The lowest BCUT2D eigenvalue weighted by atomic mass is 9.97. The first-order valence-electron chi connectivity index (χ1n) is 13.9. The van der Waals surface area contributed by atoms with Gasteiger partial charge in [0.05, 0.1) is 22.4 Å². The fourth-order valence-electron chi connectivity index (χ4n) is 5.43. The van der Waals surface area contributed by atoms with Gasteiger partial charge in [-0.2, -0.15) is 9.57 Å². The van der Waals surface area contributed by atoms with Crippen molar-refractivity contribution in [2.24, 2.45) is 5.92 Å². The summed E-state index contributed by atoms with van der Waals surface area (Å²) in [6.07, 6.45) is 2.29. The summed E-state index contributed by atoms with van der Waals surface area (Å²) in [5.74, 6) is -2.38. The van der Waals surface area contributed by atoms with Crippen LogP contribution in [0.25, 0.3) is 0 Å². The third-order valence-corrected chi connectivity index (χ3v) is 9.37. The molecule has 2 amide bonds. The highest BCUT2D eigenvalue weighted by molar-refractivity contribution is 7.89. The van der Waals surface area contributed by atoms with Crippen molar-refractivity contribution in [3.05, 3.63) is 65.2 Å². The molecule has 0 aliphatic carbocycles. The molecule has 3 atom stereocenters. The Morgan fingerprint density at radius 3 is 2.66 bits per heavy atom. The molecule has 2 N–H and O–H groups in total. The number of carbonyl (C=O) groups is 2. The number of likely N-dealkylation sites (tertiary alicyclic amines) is 1. The van der Waals surface area contributed by atoms with Crippen LogP contribution < -0.4 is 10.6 Å². The standard InChI is InChI=1S/C29H35F2N5O4S/c1-2-3-8-35-18-22(14-28(35)37)29(38)34-25(12-21-10-23(30)15-24(31)11-21)16-26-19-36(9-7-33-26)41(39,40)27-6-4-5-20(13-27)17-32/h4-6,10-11,13,15,22,25-26,33H,2-3,7-9,12,14,16,18-19H2,1H3,(H,34,38)/t22?,25?,26-/m0/s1. The van der Waals surface area contributed by atoms with Crippen LogP contribution in [0.4, 0.5) is 8.78 Å². The minimum absolute atomic E-state index is 0.0239. The Kier molecular flexibility index (Phi) is 10.1. The molecule has 0 aromatic heterocycles. The third-order valence-electron chi connectivity index (χ3n) is 7.51. The Balaban J connectivity index is 1.49. The van der Waals surface area contributed by atoms with Crippen molar-refractivity contribution >= 4 is 21.8 Å². The summed E-state index contributed by atoms with van der Waals surface area (Å²) in [6, 6.07) is 10.0. The number of sulfonamides is 1. The Bertz CT molecular complexity index is 1390. The van der Waals surface area contributed by atoms with Crippen LogP contribution in [0.1, 0.15) is 43.7 Å².